The summed E-state index contributed by atoms with van der Waals surface area (Å²) in [5.41, 5.74) is 2.78. The third-order valence-electron chi connectivity index (χ3n) is 2.81. The summed E-state index contributed by atoms with van der Waals surface area (Å²) in [7, 11) is 0. The average Bonchev–Trinajstić information content (AvgIpc) is 2.56. The van der Waals surface area contributed by atoms with Gasteiger partial charge < -0.3 is 4.98 Å². The molecule has 0 saturated carbocycles. The Morgan fingerprint density at radius 3 is 2.67 bits per heavy atom. The molecule has 1 aromatic carbocycles. The molecule has 80 valence electrons. The molecule has 0 atom stereocenters. The van der Waals surface area contributed by atoms with Crippen molar-refractivity contribution in [1.82, 2.24) is 4.98 Å². The van der Waals surface area contributed by atoms with Crippen LogP contribution >= 0.6 is 0 Å². The van der Waals surface area contributed by atoms with Crippen molar-refractivity contribution in [2.24, 2.45) is 0 Å². The first kappa shape index (κ1) is 10.2. The summed E-state index contributed by atoms with van der Waals surface area (Å²) in [6.45, 7) is 6.07. The smallest absolute Gasteiger partial charge is 0.151 e. The zero-order valence-corrected chi connectivity index (χ0v) is 9.39. The van der Waals surface area contributed by atoms with Crippen LogP contribution < -0.4 is 0 Å². The molecule has 0 unspecified atom stereocenters. The molecule has 1 aromatic heterocycles. The summed E-state index contributed by atoms with van der Waals surface area (Å²) >= 11 is 0. The predicted octanol–water partition coefficient (Wildman–Crippen LogP) is 3.99. The van der Waals surface area contributed by atoms with E-state index in [1.165, 1.54) is 5.56 Å². The number of aromatic amines is 1. The van der Waals surface area contributed by atoms with Gasteiger partial charge in [-0.15, -0.1) is 0 Å². The second kappa shape index (κ2) is 3.69. The van der Waals surface area contributed by atoms with Crippen LogP contribution in [0.2, 0.25) is 0 Å². The van der Waals surface area contributed by atoms with Crippen molar-refractivity contribution in [1.29, 1.82) is 0 Å². The third-order valence-corrected chi connectivity index (χ3v) is 2.81. The van der Waals surface area contributed by atoms with E-state index < -0.39 is 0 Å². The highest BCUT2D eigenvalue weighted by Crippen LogP contribution is 2.26. The van der Waals surface area contributed by atoms with Crippen LogP contribution in [0, 0.1) is 5.82 Å². The zero-order chi connectivity index (χ0) is 11.0. The SMILES string of the molecule is CCc1ccc2[nH]c(C(C)C)c(F)c2c1. The number of hydrogen-bond acceptors (Lipinski definition) is 0. The maximum absolute atomic E-state index is 14.0. The Morgan fingerprint density at radius 2 is 2.07 bits per heavy atom. The highest BCUT2D eigenvalue weighted by molar-refractivity contribution is 5.82. The van der Waals surface area contributed by atoms with Crippen molar-refractivity contribution < 1.29 is 4.39 Å². The van der Waals surface area contributed by atoms with E-state index in [1.54, 1.807) is 0 Å². The van der Waals surface area contributed by atoms with E-state index in [0.717, 1.165) is 17.3 Å². The molecular weight excluding hydrogens is 189 g/mol. The molecule has 0 spiro atoms. The minimum Gasteiger partial charge on any atom is -0.356 e. The normalized spacial score (nSPS) is 11.5. The first-order valence-corrected chi connectivity index (χ1v) is 5.43. The molecule has 0 saturated heterocycles. The van der Waals surface area contributed by atoms with Crippen molar-refractivity contribution >= 4 is 10.9 Å². The number of aryl methyl sites for hydroxylation is 1. The fraction of sp³-hybridized carbons (Fsp3) is 0.385. The Kier molecular flexibility index (Phi) is 2.51. The molecule has 2 heteroatoms. The maximum atomic E-state index is 14.0. The van der Waals surface area contributed by atoms with Crippen molar-refractivity contribution in [2.45, 2.75) is 33.1 Å². The minimum absolute atomic E-state index is 0.0877. The molecule has 1 N–H and O–H groups in total. The van der Waals surface area contributed by atoms with Crippen LogP contribution in [-0.4, -0.2) is 4.98 Å². The molecule has 2 rings (SSSR count). The van der Waals surface area contributed by atoms with Crippen molar-refractivity contribution in [2.75, 3.05) is 0 Å². The van der Waals surface area contributed by atoms with Gasteiger partial charge in [0.1, 0.15) is 0 Å². The number of benzene rings is 1. The number of rotatable bonds is 2. The summed E-state index contributed by atoms with van der Waals surface area (Å²) in [6.07, 6.45) is 0.942. The lowest BCUT2D eigenvalue weighted by molar-refractivity contribution is 0.605. The van der Waals surface area contributed by atoms with Gasteiger partial charge in [-0.05, 0) is 30.0 Å². The largest absolute Gasteiger partial charge is 0.356 e. The average molecular weight is 205 g/mol. The quantitative estimate of drug-likeness (QED) is 0.763. The van der Waals surface area contributed by atoms with Gasteiger partial charge in [0, 0.05) is 10.9 Å². The molecule has 1 heterocycles. The lowest BCUT2D eigenvalue weighted by Crippen LogP contribution is -1.89. The van der Waals surface area contributed by atoms with Gasteiger partial charge in [0.2, 0.25) is 0 Å². The number of nitrogens with one attached hydrogen (secondary N) is 1. The maximum Gasteiger partial charge on any atom is 0.151 e. The van der Waals surface area contributed by atoms with E-state index in [0.29, 0.717) is 5.69 Å². The van der Waals surface area contributed by atoms with Crippen LogP contribution in [0.5, 0.6) is 0 Å². The second-order valence-corrected chi connectivity index (χ2v) is 4.24. The van der Waals surface area contributed by atoms with E-state index in [-0.39, 0.29) is 11.7 Å². The fourth-order valence-electron chi connectivity index (χ4n) is 1.84. The van der Waals surface area contributed by atoms with Crippen LogP contribution in [-0.2, 0) is 6.42 Å². The monoisotopic (exact) mass is 205 g/mol. The van der Waals surface area contributed by atoms with Crippen LogP contribution in [0.4, 0.5) is 4.39 Å². The van der Waals surface area contributed by atoms with E-state index in [2.05, 4.69) is 11.9 Å². The van der Waals surface area contributed by atoms with Crippen LogP contribution in [0.15, 0.2) is 18.2 Å². The highest BCUT2D eigenvalue weighted by Gasteiger charge is 2.13. The predicted molar refractivity (Wildman–Crippen MR) is 61.7 cm³/mol. The van der Waals surface area contributed by atoms with Gasteiger partial charge >= 0.3 is 0 Å². The zero-order valence-electron chi connectivity index (χ0n) is 9.39. The molecule has 15 heavy (non-hydrogen) atoms. The van der Waals surface area contributed by atoms with E-state index in [1.807, 2.05) is 32.0 Å². The van der Waals surface area contributed by atoms with Crippen molar-refractivity contribution in [3.63, 3.8) is 0 Å². The first-order chi connectivity index (χ1) is 7.13. The lowest BCUT2D eigenvalue weighted by atomic mass is 10.1. The van der Waals surface area contributed by atoms with Gasteiger partial charge in [-0.1, -0.05) is 26.8 Å². The molecule has 0 radical (unpaired) electrons. The lowest BCUT2D eigenvalue weighted by Gasteiger charge is -1.99. The molecular formula is C13H16FN. The number of aromatic nitrogens is 1. The Labute approximate surface area is 89.3 Å². The van der Waals surface area contributed by atoms with E-state index in [9.17, 15) is 4.39 Å². The first-order valence-electron chi connectivity index (χ1n) is 5.43. The van der Waals surface area contributed by atoms with Gasteiger partial charge in [-0.25, -0.2) is 4.39 Å². The highest BCUT2D eigenvalue weighted by atomic mass is 19.1. The molecule has 0 bridgehead atoms. The topological polar surface area (TPSA) is 15.8 Å². The summed E-state index contributed by atoms with van der Waals surface area (Å²) in [5.74, 6) is 0.109. The fourth-order valence-corrected chi connectivity index (χ4v) is 1.84. The molecule has 0 aliphatic heterocycles. The Hall–Kier alpha value is -1.31. The van der Waals surface area contributed by atoms with Crippen molar-refractivity contribution in [3.8, 4) is 0 Å². The number of fused-ring (bicyclic) bond motifs is 1. The van der Waals surface area contributed by atoms with Crippen LogP contribution in [0.1, 0.15) is 37.9 Å². The number of H-pyrrole nitrogens is 1. The molecule has 0 fully saturated rings. The van der Waals surface area contributed by atoms with Gasteiger partial charge in [-0.3, -0.25) is 0 Å². The molecule has 1 nitrogen and oxygen atoms in total. The molecule has 0 amide bonds. The second-order valence-electron chi connectivity index (χ2n) is 4.24. The summed E-state index contributed by atoms with van der Waals surface area (Å²) in [6, 6.07) is 5.94. The summed E-state index contributed by atoms with van der Waals surface area (Å²) < 4.78 is 14.0. The minimum atomic E-state index is -0.0877. The number of halogens is 1. The van der Waals surface area contributed by atoms with Gasteiger partial charge in [0.15, 0.2) is 5.82 Å². The summed E-state index contributed by atoms with van der Waals surface area (Å²) in [4.78, 5) is 3.14. The molecule has 0 aliphatic rings. The Bertz CT molecular complexity index is 482. The number of hydrogen-bond donors (Lipinski definition) is 1. The molecule has 2 aromatic rings. The standard InChI is InChI=1S/C13H16FN/c1-4-9-5-6-11-10(7-9)12(14)13(15-11)8(2)3/h5-8,15H,4H2,1-3H3. The van der Waals surface area contributed by atoms with Crippen molar-refractivity contribution in [3.05, 3.63) is 35.3 Å². The van der Waals surface area contributed by atoms with E-state index >= 15 is 0 Å². The van der Waals surface area contributed by atoms with Gasteiger partial charge in [0.05, 0.1) is 5.69 Å². The van der Waals surface area contributed by atoms with E-state index in [4.69, 9.17) is 0 Å². The summed E-state index contributed by atoms with van der Waals surface area (Å²) in [5, 5.41) is 0.720. The molecule has 0 aliphatic carbocycles. The Morgan fingerprint density at radius 1 is 1.33 bits per heavy atom. The third kappa shape index (κ3) is 1.65. The van der Waals surface area contributed by atoms with Crippen LogP contribution in [0.3, 0.4) is 0 Å². The van der Waals surface area contributed by atoms with Gasteiger partial charge in [-0.2, -0.15) is 0 Å². The van der Waals surface area contributed by atoms with Gasteiger partial charge in [0.25, 0.3) is 0 Å². The Balaban J connectivity index is 2.66. The van der Waals surface area contributed by atoms with Crippen LogP contribution in [0.25, 0.3) is 10.9 Å².